The van der Waals surface area contributed by atoms with Crippen LogP contribution in [0.1, 0.15) is 12.5 Å². The first kappa shape index (κ1) is 11.2. The maximum absolute atomic E-state index is 12.5. The lowest BCUT2D eigenvalue weighted by Crippen LogP contribution is -2.44. The van der Waals surface area contributed by atoms with E-state index in [1.165, 1.54) is 4.90 Å². The lowest BCUT2D eigenvalue weighted by molar-refractivity contribution is -0.159. The molecule has 0 saturated carbocycles. The lowest BCUT2D eigenvalue weighted by atomic mass is 9.81. The molecule has 94 valence electrons. The molecule has 1 aromatic rings. The highest BCUT2D eigenvalue weighted by Gasteiger charge is 2.63. The number of para-hydroxylation sites is 1. The average molecular weight is 246 g/mol. The molecular formula is C13H14N2O3. The Hall–Kier alpha value is -1.88. The Bertz CT molecular complexity index is 557. The van der Waals surface area contributed by atoms with E-state index in [0.29, 0.717) is 0 Å². The second kappa shape index (κ2) is 3.32. The van der Waals surface area contributed by atoms with Gasteiger partial charge in [0.15, 0.2) is 0 Å². The van der Waals surface area contributed by atoms with Crippen molar-refractivity contribution in [2.45, 2.75) is 18.6 Å². The van der Waals surface area contributed by atoms with E-state index >= 15 is 0 Å². The van der Waals surface area contributed by atoms with Crippen LogP contribution in [0.3, 0.4) is 0 Å². The maximum Gasteiger partial charge on any atom is 0.324 e. The van der Waals surface area contributed by atoms with Crippen molar-refractivity contribution in [3.05, 3.63) is 29.8 Å². The van der Waals surface area contributed by atoms with E-state index in [0.717, 1.165) is 11.3 Å². The number of likely N-dealkylation sites (N-methyl/N-ethyl adjacent to an activating group) is 1. The number of esters is 1. The number of fused-ring (bicyclic) bond motifs is 2. The Labute approximate surface area is 105 Å². The molecular weight excluding hydrogens is 232 g/mol. The van der Waals surface area contributed by atoms with Gasteiger partial charge in [-0.2, -0.15) is 0 Å². The number of hydrogen-bond donors (Lipinski definition) is 1. The van der Waals surface area contributed by atoms with Gasteiger partial charge in [0.1, 0.15) is 6.04 Å². The smallest absolute Gasteiger partial charge is 0.324 e. The molecule has 3 rings (SSSR count). The minimum absolute atomic E-state index is 0.225. The molecule has 3 atom stereocenters. The number of carbonyl (C=O) groups excluding carboxylic acids is 2. The van der Waals surface area contributed by atoms with Crippen molar-refractivity contribution in [1.29, 1.82) is 0 Å². The number of rotatable bonds is 0. The summed E-state index contributed by atoms with van der Waals surface area (Å²) >= 11 is 0. The van der Waals surface area contributed by atoms with Crippen LogP contribution in [0.25, 0.3) is 0 Å². The fourth-order valence-electron chi connectivity index (χ4n) is 2.87. The topological polar surface area (TPSA) is 72.6 Å². The first-order chi connectivity index (χ1) is 8.50. The zero-order valence-corrected chi connectivity index (χ0v) is 10.2. The monoisotopic (exact) mass is 246 g/mol. The van der Waals surface area contributed by atoms with E-state index in [1.54, 1.807) is 14.0 Å². The molecule has 1 saturated heterocycles. The van der Waals surface area contributed by atoms with Crippen LogP contribution in [0.15, 0.2) is 24.3 Å². The molecule has 0 aromatic heterocycles. The molecule has 1 spiro atoms. The molecule has 0 radical (unpaired) electrons. The fourth-order valence-corrected chi connectivity index (χ4v) is 2.87. The Morgan fingerprint density at radius 3 is 2.61 bits per heavy atom. The van der Waals surface area contributed by atoms with Gasteiger partial charge in [-0.25, -0.2) is 0 Å². The number of hydrogen-bond acceptors (Lipinski definition) is 4. The Kier molecular flexibility index (Phi) is 2.07. The highest BCUT2D eigenvalue weighted by atomic mass is 16.6. The first-order valence-electron chi connectivity index (χ1n) is 5.86. The second-order valence-corrected chi connectivity index (χ2v) is 4.85. The highest BCUT2D eigenvalue weighted by Crippen LogP contribution is 2.50. The molecule has 2 N–H and O–H groups in total. The Morgan fingerprint density at radius 2 is 2.00 bits per heavy atom. The van der Waals surface area contributed by atoms with Crippen LogP contribution < -0.4 is 10.6 Å². The van der Waals surface area contributed by atoms with Gasteiger partial charge in [0.25, 0.3) is 5.91 Å². The van der Waals surface area contributed by atoms with E-state index in [2.05, 4.69) is 0 Å². The van der Waals surface area contributed by atoms with E-state index in [-0.39, 0.29) is 11.8 Å². The molecule has 18 heavy (non-hydrogen) atoms. The summed E-state index contributed by atoms with van der Waals surface area (Å²) in [5, 5.41) is 0. The molecule has 0 aliphatic carbocycles. The van der Waals surface area contributed by atoms with Crippen molar-refractivity contribution in [3.63, 3.8) is 0 Å². The van der Waals surface area contributed by atoms with Crippen molar-refractivity contribution >= 4 is 17.6 Å². The number of nitrogens with two attached hydrogens (primary N) is 1. The predicted molar refractivity (Wildman–Crippen MR) is 64.8 cm³/mol. The van der Waals surface area contributed by atoms with Gasteiger partial charge in [-0.3, -0.25) is 9.59 Å². The largest absolute Gasteiger partial charge is 0.442 e. The first-order valence-corrected chi connectivity index (χ1v) is 5.86. The van der Waals surface area contributed by atoms with Gasteiger partial charge in [-0.05, 0) is 6.07 Å². The fraction of sp³-hybridized carbons (Fsp3) is 0.385. The molecule has 2 aliphatic rings. The van der Waals surface area contributed by atoms with Gasteiger partial charge >= 0.3 is 5.97 Å². The maximum atomic E-state index is 12.5. The summed E-state index contributed by atoms with van der Waals surface area (Å²) in [7, 11) is 1.68. The van der Waals surface area contributed by atoms with Gasteiger partial charge < -0.3 is 15.4 Å². The van der Waals surface area contributed by atoms with Gasteiger partial charge in [0.05, 0.1) is 5.69 Å². The molecule has 5 nitrogen and oxygen atoms in total. The Balaban J connectivity index is 2.25. The molecule has 5 heteroatoms. The van der Waals surface area contributed by atoms with Crippen molar-refractivity contribution in [2.75, 3.05) is 11.9 Å². The van der Waals surface area contributed by atoms with Crippen LogP contribution in [0.5, 0.6) is 0 Å². The number of benzene rings is 1. The normalized spacial score (nSPS) is 34.1. The zero-order chi connectivity index (χ0) is 13.1. The molecule has 2 aliphatic heterocycles. The van der Waals surface area contributed by atoms with E-state index in [9.17, 15) is 9.59 Å². The van der Waals surface area contributed by atoms with Crippen LogP contribution in [-0.2, 0) is 19.9 Å². The summed E-state index contributed by atoms with van der Waals surface area (Å²) < 4.78 is 5.39. The van der Waals surface area contributed by atoms with Crippen LogP contribution in [0, 0.1) is 5.92 Å². The summed E-state index contributed by atoms with van der Waals surface area (Å²) in [6, 6.07) is 6.58. The summed E-state index contributed by atoms with van der Waals surface area (Å²) in [4.78, 5) is 25.7. The van der Waals surface area contributed by atoms with Gasteiger partial charge in [-0.15, -0.1) is 0 Å². The quantitative estimate of drug-likeness (QED) is 0.672. The minimum atomic E-state index is -1.23. The van der Waals surface area contributed by atoms with E-state index < -0.39 is 17.6 Å². The summed E-state index contributed by atoms with van der Waals surface area (Å²) in [5.41, 5.74) is 6.06. The van der Waals surface area contributed by atoms with Crippen LogP contribution >= 0.6 is 0 Å². The SMILES string of the molecule is C[C@@H]1[C@H](N)C(=O)O[C@@]12C(=O)N(C)c1ccccc12. The molecule has 2 heterocycles. The summed E-state index contributed by atoms with van der Waals surface area (Å²) in [6.45, 7) is 1.78. The van der Waals surface area contributed by atoms with Crippen molar-refractivity contribution in [1.82, 2.24) is 0 Å². The number of carbonyl (C=O) groups is 2. The van der Waals surface area contributed by atoms with Crippen molar-refractivity contribution in [3.8, 4) is 0 Å². The molecule has 0 bridgehead atoms. The Morgan fingerprint density at radius 1 is 1.33 bits per heavy atom. The van der Waals surface area contributed by atoms with Crippen LogP contribution in [-0.4, -0.2) is 25.0 Å². The second-order valence-electron chi connectivity index (χ2n) is 4.85. The summed E-state index contributed by atoms with van der Waals surface area (Å²) in [5.74, 6) is -1.11. The number of nitrogens with zero attached hydrogens (tertiary/aromatic N) is 1. The average Bonchev–Trinajstić information content (AvgIpc) is 2.73. The highest BCUT2D eigenvalue weighted by molar-refractivity contribution is 6.09. The number of ether oxygens (including phenoxy) is 1. The van der Waals surface area contributed by atoms with Crippen molar-refractivity contribution in [2.24, 2.45) is 11.7 Å². The van der Waals surface area contributed by atoms with E-state index in [1.807, 2.05) is 24.3 Å². The molecule has 1 amide bonds. The lowest BCUT2D eigenvalue weighted by Gasteiger charge is -2.26. The van der Waals surface area contributed by atoms with Gasteiger partial charge in [0.2, 0.25) is 5.60 Å². The number of amides is 1. The molecule has 1 fully saturated rings. The zero-order valence-electron chi connectivity index (χ0n) is 10.2. The van der Waals surface area contributed by atoms with Crippen LogP contribution in [0.4, 0.5) is 5.69 Å². The third-order valence-corrected chi connectivity index (χ3v) is 4.00. The van der Waals surface area contributed by atoms with Crippen molar-refractivity contribution < 1.29 is 14.3 Å². The molecule has 1 aromatic carbocycles. The third-order valence-electron chi connectivity index (χ3n) is 4.00. The summed E-state index contributed by atoms with van der Waals surface area (Å²) in [6.07, 6.45) is 0. The predicted octanol–water partition coefficient (Wildman–Crippen LogP) is 0.378. The minimum Gasteiger partial charge on any atom is -0.442 e. The van der Waals surface area contributed by atoms with Gasteiger partial charge in [0, 0.05) is 18.5 Å². The van der Waals surface area contributed by atoms with E-state index in [4.69, 9.17) is 10.5 Å². The standard InChI is InChI=1S/C13H14N2O3/c1-7-10(14)11(16)18-13(7)8-5-3-4-6-9(8)15(2)12(13)17/h3-7,10H,14H2,1-2H3/t7-,10+,13+/m1/s1. The number of anilines is 1. The van der Waals surface area contributed by atoms with Gasteiger partial charge in [-0.1, -0.05) is 25.1 Å². The molecule has 0 unspecified atom stereocenters. The third kappa shape index (κ3) is 1.05. The van der Waals surface area contributed by atoms with Crippen LogP contribution in [0.2, 0.25) is 0 Å².